The van der Waals surface area contributed by atoms with E-state index in [4.69, 9.17) is 4.74 Å². The van der Waals surface area contributed by atoms with E-state index < -0.39 is 10.0 Å². The minimum absolute atomic E-state index is 0.0580. The van der Waals surface area contributed by atoms with E-state index in [-0.39, 0.29) is 17.9 Å². The number of rotatable bonds is 8. The summed E-state index contributed by atoms with van der Waals surface area (Å²) in [6.07, 6.45) is 7.02. The largest absolute Gasteiger partial charge is 0.496 e. The number of methoxy groups -OCH3 is 1. The van der Waals surface area contributed by atoms with Crippen LogP contribution in [-0.4, -0.2) is 32.9 Å². The van der Waals surface area contributed by atoms with Crippen molar-refractivity contribution in [1.29, 1.82) is 0 Å². The first kappa shape index (κ1) is 23.9. The summed E-state index contributed by atoms with van der Waals surface area (Å²) in [5.74, 6) is 1.31. The summed E-state index contributed by atoms with van der Waals surface area (Å²) in [4.78, 5) is 0.389. The SMILES string of the molecule is CCCN(CCC)S(=O)(=O)c1ccc2c(c1)C1C=CCC1C(c1c(OC)ccc3ccccc13)N2. The molecule has 5 nitrogen and oxygen atoms in total. The van der Waals surface area contributed by atoms with Crippen molar-refractivity contribution in [3.05, 3.63) is 77.9 Å². The molecule has 1 N–H and O–H groups in total. The molecule has 0 fully saturated rings. The minimum atomic E-state index is -3.53. The molecular formula is C29H34N2O3S. The molecular weight excluding hydrogens is 456 g/mol. The van der Waals surface area contributed by atoms with Gasteiger partial charge in [0.25, 0.3) is 0 Å². The lowest BCUT2D eigenvalue weighted by molar-refractivity contribution is 0.383. The van der Waals surface area contributed by atoms with Crippen molar-refractivity contribution in [2.24, 2.45) is 5.92 Å². The van der Waals surface area contributed by atoms with Crippen molar-refractivity contribution in [3.8, 4) is 5.75 Å². The van der Waals surface area contributed by atoms with Gasteiger partial charge in [-0.15, -0.1) is 0 Å². The Kier molecular flexibility index (Phi) is 6.60. The predicted octanol–water partition coefficient (Wildman–Crippen LogP) is 6.49. The maximum absolute atomic E-state index is 13.5. The molecule has 1 aliphatic carbocycles. The van der Waals surface area contributed by atoms with Gasteiger partial charge in [-0.05, 0) is 65.8 Å². The second-order valence-corrected chi connectivity index (χ2v) is 11.5. The molecule has 3 aromatic carbocycles. The molecule has 0 bridgehead atoms. The summed E-state index contributed by atoms with van der Waals surface area (Å²) in [6.45, 7) is 5.12. The van der Waals surface area contributed by atoms with Crippen LogP contribution in [0.2, 0.25) is 0 Å². The minimum Gasteiger partial charge on any atom is -0.496 e. The molecule has 0 spiro atoms. The fourth-order valence-electron chi connectivity index (χ4n) is 5.79. The van der Waals surface area contributed by atoms with Crippen molar-refractivity contribution < 1.29 is 13.2 Å². The average Bonchev–Trinajstić information content (AvgIpc) is 3.37. The van der Waals surface area contributed by atoms with Crippen LogP contribution in [0.4, 0.5) is 5.69 Å². The van der Waals surface area contributed by atoms with Crippen LogP contribution in [0.25, 0.3) is 10.8 Å². The highest BCUT2D eigenvalue weighted by atomic mass is 32.2. The summed E-state index contributed by atoms with van der Waals surface area (Å²) >= 11 is 0. The fourth-order valence-corrected chi connectivity index (χ4v) is 7.45. The lowest BCUT2D eigenvalue weighted by Gasteiger charge is -2.38. The van der Waals surface area contributed by atoms with Crippen LogP contribution < -0.4 is 10.1 Å². The number of nitrogens with zero attached hydrogens (tertiary/aromatic N) is 1. The van der Waals surface area contributed by atoms with Gasteiger partial charge in [-0.2, -0.15) is 4.31 Å². The third-order valence-corrected chi connectivity index (χ3v) is 9.27. The summed E-state index contributed by atoms with van der Waals surface area (Å²) in [5.41, 5.74) is 3.23. The monoisotopic (exact) mass is 490 g/mol. The normalized spacial score (nSPS) is 21.1. The molecule has 2 aliphatic rings. The van der Waals surface area contributed by atoms with E-state index in [0.29, 0.717) is 18.0 Å². The number of hydrogen-bond acceptors (Lipinski definition) is 4. The molecule has 0 amide bonds. The van der Waals surface area contributed by atoms with E-state index in [1.165, 1.54) is 16.3 Å². The van der Waals surface area contributed by atoms with Crippen molar-refractivity contribution >= 4 is 26.5 Å². The lowest BCUT2D eigenvalue weighted by Crippen LogP contribution is -2.33. The number of sulfonamides is 1. The zero-order chi connectivity index (χ0) is 24.6. The molecule has 35 heavy (non-hydrogen) atoms. The number of fused-ring (bicyclic) bond motifs is 4. The van der Waals surface area contributed by atoms with Crippen LogP contribution in [-0.2, 0) is 10.0 Å². The molecule has 3 atom stereocenters. The Labute approximate surface area is 208 Å². The van der Waals surface area contributed by atoms with Gasteiger partial charge in [0.15, 0.2) is 0 Å². The molecule has 0 saturated heterocycles. The van der Waals surface area contributed by atoms with E-state index in [1.54, 1.807) is 17.5 Å². The highest BCUT2D eigenvalue weighted by Crippen LogP contribution is 2.52. The van der Waals surface area contributed by atoms with Crippen molar-refractivity contribution in [2.45, 2.75) is 50.0 Å². The summed E-state index contributed by atoms with van der Waals surface area (Å²) in [7, 11) is -1.80. The maximum Gasteiger partial charge on any atom is 0.243 e. The zero-order valence-electron chi connectivity index (χ0n) is 20.7. The first-order valence-corrected chi connectivity index (χ1v) is 14.1. The van der Waals surface area contributed by atoms with Gasteiger partial charge in [-0.1, -0.05) is 56.3 Å². The van der Waals surface area contributed by atoms with Gasteiger partial charge in [0.2, 0.25) is 10.0 Å². The average molecular weight is 491 g/mol. The fraction of sp³-hybridized carbons (Fsp3) is 0.379. The quantitative estimate of drug-likeness (QED) is 0.367. The highest BCUT2D eigenvalue weighted by Gasteiger charge is 2.40. The Hall–Kier alpha value is -2.83. The Bertz CT molecular complexity index is 1360. The molecule has 3 unspecified atom stereocenters. The van der Waals surface area contributed by atoms with Crippen LogP contribution in [0.5, 0.6) is 5.75 Å². The Morgan fingerprint density at radius 3 is 2.54 bits per heavy atom. The number of ether oxygens (including phenoxy) is 1. The van der Waals surface area contributed by atoms with E-state index in [1.807, 2.05) is 26.0 Å². The van der Waals surface area contributed by atoms with Crippen LogP contribution >= 0.6 is 0 Å². The van der Waals surface area contributed by atoms with Gasteiger partial charge in [0.05, 0.1) is 18.0 Å². The van der Waals surface area contributed by atoms with Gasteiger partial charge in [-0.25, -0.2) is 8.42 Å². The third kappa shape index (κ3) is 4.13. The van der Waals surface area contributed by atoms with Gasteiger partial charge in [0.1, 0.15) is 5.75 Å². The standard InChI is InChI=1S/C29H34N2O3S/c1-4-17-31(18-5-2)35(32,33)21-14-15-26-25(19-21)23-11-8-12-24(23)29(30-26)28-22-10-7-6-9-20(22)13-16-27(28)34-3/h6-11,13-16,19,23-24,29-30H,4-5,12,17-18H2,1-3H3. The number of anilines is 1. The first-order chi connectivity index (χ1) is 17.0. The first-order valence-electron chi connectivity index (χ1n) is 12.6. The van der Waals surface area contributed by atoms with E-state index in [9.17, 15) is 8.42 Å². The molecule has 6 heteroatoms. The smallest absolute Gasteiger partial charge is 0.243 e. The van der Waals surface area contributed by atoms with E-state index in [2.05, 4.69) is 53.9 Å². The van der Waals surface area contributed by atoms with E-state index in [0.717, 1.165) is 36.3 Å². The van der Waals surface area contributed by atoms with Crippen LogP contribution in [0.3, 0.4) is 0 Å². The molecule has 5 rings (SSSR count). The summed E-state index contributed by atoms with van der Waals surface area (Å²) < 4.78 is 34.4. The summed E-state index contributed by atoms with van der Waals surface area (Å²) in [6, 6.07) is 18.3. The Morgan fingerprint density at radius 1 is 1.03 bits per heavy atom. The van der Waals surface area contributed by atoms with Gasteiger partial charge in [-0.3, -0.25) is 0 Å². The Balaban J connectivity index is 1.59. The van der Waals surface area contributed by atoms with Crippen molar-refractivity contribution in [2.75, 3.05) is 25.5 Å². The zero-order valence-corrected chi connectivity index (χ0v) is 21.5. The van der Waals surface area contributed by atoms with Crippen LogP contribution in [0.15, 0.2) is 71.6 Å². The van der Waals surface area contributed by atoms with Gasteiger partial charge >= 0.3 is 0 Å². The molecule has 184 valence electrons. The predicted molar refractivity (Wildman–Crippen MR) is 143 cm³/mol. The highest BCUT2D eigenvalue weighted by molar-refractivity contribution is 7.89. The van der Waals surface area contributed by atoms with Gasteiger partial charge in [0, 0.05) is 30.3 Å². The van der Waals surface area contributed by atoms with Crippen LogP contribution in [0, 0.1) is 5.92 Å². The second kappa shape index (κ2) is 9.67. The van der Waals surface area contributed by atoms with E-state index >= 15 is 0 Å². The molecule has 1 heterocycles. The number of hydrogen-bond donors (Lipinski definition) is 1. The topological polar surface area (TPSA) is 58.6 Å². The number of benzene rings is 3. The Morgan fingerprint density at radius 2 is 1.80 bits per heavy atom. The van der Waals surface area contributed by atoms with Crippen molar-refractivity contribution in [3.63, 3.8) is 0 Å². The van der Waals surface area contributed by atoms with Gasteiger partial charge < -0.3 is 10.1 Å². The third-order valence-electron chi connectivity index (χ3n) is 7.38. The van der Waals surface area contributed by atoms with Crippen molar-refractivity contribution in [1.82, 2.24) is 4.31 Å². The molecule has 3 aromatic rings. The molecule has 0 radical (unpaired) electrons. The molecule has 0 saturated carbocycles. The summed E-state index contributed by atoms with van der Waals surface area (Å²) in [5, 5.41) is 6.16. The molecule has 1 aliphatic heterocycles. The second-order valence-electron chi connectivity index (χ2n) is 9.53. The maximum atomic E-state index is 13.5. The van der Waals surface area contributed by atoms with Crippen LogP contribution in [0.1, 0.15) is 56.2 Å². The lowest BCUT2D eigenvalue weighted by atomic mass is 9.76. The number of allylic oxidation sites excluding steroid dienone is 2. The number of nitrogens with one attached hydrogen (secondary N) is 1. The molecule has 0 aromatic heterocycles.